The van der Waals surface area contributed by atoms with Gasteiger partial charge in [-0.2, -0.15) is 0 Å². The van der Waals surface area contributed by atoms with Gasteiger partial charge in [0.05, 0.1) is 26.4 Å². The third kappa shape index (κ3) is 5.16. The molecule has 0 spiro atoms. The largest absolute Gasteiger partial charge is 0.382 e. The summed E-state index contributed by atoms with van der Waals surface area (Å²) in [4.78, 5) is 16.2. The summed E-state index contributed by atoms with van der Waals surface area (Å²) >= 11 is 0. The average molecular weight is 293 g/mol. The SMILES string of the molecule is COCCOCCONC(=O)c1cc(F)c(F)c(F)c1. The van der Waals surface area contributed by atoms with Gasteiger partial charge in [-0.15, -0.1) is 0 Å². The van der Waals surface area contributed by atoms with E-state index in [-0.39, 0.29) is 18.8 Å². The summed E-state index contributed by atoms with van der Waals surface area (Å²) in [6.45, 7) is 1.06. The van der Waals surface area contributed by atoms with Crippen molar-refractivity contribution in [2.75, 3.05) is 33.5 Å². The van der Waals surface area contributed by atoms with Gasteiger partial charge in [0.15, 0.2) is 17.5 Å². The van der Waals surface area contributed by atoms with Gasteiger partial charge < -0.3 is 9.47 Å². The minimum Gasteiger partial charge on any atom is -0.382 e. The highest BCUT2D eigenvalue weighted by Gasteiger charge is 2.14. The number of methoxy groups -OCH3 is 1. The van der Waals surface area contributed by atoms with Gasteiger partial charge in [0, 0.05) is 12.7 Å². The summed E-state index contributed by atoms with van der Waals surface area (Å²) in [5, 5.41) is 0. The lowest BCUT2D eigenvalue weighted by molar-refractivity contribution is -0.00942. The van der Waals surface area contributed by atoms with Crippen LogP contribution < -0.4 is 5.48 Å². The number of amides is 1. The first-order chi connectivity index (χ1) is 9.56. The number of hydroxylamine groups is 1. The van der Waals surface area contributed by atoms with E-state index in [4.69, 9.17) is 14.3 Å². The molecular weight excluding hydrogens is 279 g/mol. The lowest BCUT2D eigenvalue weighted by atomic mass is 10.2. The van der Waals surface area contributed by atoms with Crippen molar-refractivity contribution in [1.82, 2.24) is 5.48 Å². The lowest BCUT2D eigenvalue weighted by Gasteiger charge is -2.07. The number of benzene rings is 1. The van der Waals surface area contributed by atoms with Gasteiger partial charge in [0.1, 0.15) is 0 Å². The van der Waals surface area contributed by atoms with Gasteiger partial charge in [-0.05, 0) is 12.1 Å². The molecule has 1 aromatic carbocycles. The molecule has 8 heteroatoms. The number of carbonyl (C=O) groups excluding carboxylic acids is 1. The molecule has 0 aliphatic carbocycles. The number of hydrogen-bond donors (Lipinski definition) is 1. The molecule has 1 rings (SSSR count). The van der Waals surface area contributed by atoms with E-state index in [1.807, 2.05) is 5.48 Å². The molecule has 0 saturated carbocycles. The summed E-state index contributed by atoms with van der Waals surface area (Å²) in [5.74, 6) is -5.41. The monoisotopic (exact) mass is 293 g/mol. The topological polar surface area (TPSA) is 56.8 Å². The van der Waals surface area contributed by atoms with E-state index in [0.717, 1.165) is 0 Å². The average Bonchev–Trinajstić information content (AvgIpc) is 2.43. The van der Waals surface area contributed by atoms with Crippen LogP contribution in [0, 0.1) is 17.5 Å². The molecule has 0 heterocycles. The van der Waals surface area contributed by atoms with Crippen LogP contribution in [0.3, 0.4) is 0 Å². The first-order valence-electron chi connectivity index (χ1n) is 5.69. The van der Waals surface area contributed by atoms with Crippen LogP contribution in [-0.4, -0.2) is 39.4 Å². The summed E-state index contributed by atoms with van der Waals surface area (Å²) in [6.07, 6.45) is 0. The summed E-state index contributed by atoms with van der Waals surface area (Å²) in [5.41, 5.74) is 1.57. The van der Waals surface area contributed by atoms with Crippen LogP contribution in [0.1, 0.15) is 10.4 Å². The predicted octanol–water partition coefficient (Wildman–Crippen LogP) is 1.43. The fourth-order valence-corrected chi connectivity index (χ4v) is 1.21. The Balaban J connectivity index is 2.33. The van der Waals surface area contributed by atoms with Crippen molar-refractivity contribution in [3.63, 3.8) is 0 Å². The summed E-state index contributed by atoms with van der Waals surface area (Å²) < 4.78 is 48.3. The molecule has 1 N–H and O–H groups in total. The number of rotatable bonds is 8. The van der Waals surface area contributed by atoms with Gasteiger partial charge >= 0.3 is 0 Å². The molecule has 0 unspecified atom stereocenters. The van der Waals surface area contributed by atoms with E-state index in [1.165, 1.54) is 7.11 Å². The zero-order chi connectivity index (χ0) is 15.0. The van der Waals surface area contributed by atoms with Crippen LogP contribution >= 0.6 is 0 Å². The fourth-order valence-electron chi connectivity index (χ4n) is 1.21. The Morgan fingerprint density at radius 2 is 1.70 bits per heavy atom. The molecule has 0 bridgehead atoms. The molecule has 0 saturated heterocycles. The van der Waals surface area contributed by atoms with E-state index in [0.29, 0.717) is 25.3 Å². The van der Waals surface area contributed by atoms with E-state index < -0.39 is 23.4 Å². The highest BCUT2D eigenvalue weighted by atomic mass is 19.2. The van der Waals surface area contributed by atoms with Gasteiger partial charge in [-0.1, -0.05) is 0 Å². The fraction of sp³-hybridized carbons (Fsp3) is 0.417. The molecule has 0 fully saturated rings. The number of ether oxygens (including phenoxy) is 2. The highest BCUT2D eigenvalue weighted by molar-refractivity contribution is 5.93. The maximum atomic E-state index is 12.9. The van der Waals surface area contributed by atoms with Crippen LogP contribution in [-0.2, 0) is 14.3 Å². The Bertz CT molecular complexity index is 433. The smallest absolute Gasteiger partial charge is 0.275 e. The predicted molar refractivity (Wildman–Crippen MR) is 62.4 cm³/mol. The van der Waals surface area contributed by atoms with E-state index in [9.17, 15) is 18.0 Å². The Kier molecular flexibility index (Phi) is 6.99. The molecule has 0 atom stereocenters. The van der Waals surface area contributed by atoms with Crippen molar-refractivity contribution in [2.45, 2.75) is 0 Å². The highest BCUT2D eigenvalue weighted by Crippen LogP contribution is 2.13. The quantitative estimate of drug-likeness (QED) is 0.447. The van der Waals surface area contributed by atoms with Crippen molar-refractivity contribution in [3.8, 4) is 0 Å². The molecule has 112 valence electrons. The van der Waals surface area contributed by atoms with Crippen molar-refractivity contribution in [1.29, 1.82) is 0 Å². The third-order valence-corrected chi connectivity index (χ3v) is 2.17. The zero-order valence-electron chi connectivity index (χ0n) is 10.8. The van der Waals surface area contributed by atoms with Crippen molar-refractivity contribution >= 4 is 5.91 Å². The number of hydrogen-bond acceptors (Lipinski definition) is 4. The Hall–Kier alpha value is -1.64. The minimum absolute atomic E-state index is 0.0433. The summed E-state index contributed by atoms with van der Waals surface area (Å²) in [7, 11) is 1.53. The molecule has 1 aromatic rings. The van der Waals surface area contributed by atoms with Gasteiger partial charge in [-0.25, -0.2) is 18.7 Å². The maximum absolute atomic E-state index is 12.9. The number of halogens is 3. The lowest BCUT2D eigenvalue weighted by Crippen LogP contribution is -2.26. The van der Waals surface area contributed by atoms with Crippen LogP contribution in [0.5, 0.6) is 0 Å². The maximum Gasteiger partial charge on any atom is 0.275 e. The van der Waals surface area contributed by atoms with Gasteiger partial charge in [-0.3, -0.25) is 9.63 Å². The second kappa shape index (κ2) is 8.51. The number of carbonyl (C=O) groups is 1. The molecule has 0 aromatic heterocycles. The van der Waals surface area contributed by atoms with E-state index in [2.05, 4.69) is 0 Å². The van der Waals surface area contributed by atoms with E-state index in [1.54, 1.807) is 0 Å². The second-order valence-electron chi connectivity index (χ2n) is 3.64. The Labute approximate surface area is 113 Å². The van der Waals surface area contributed by atoms with Crippen molar-refractivity contribution < 1.29 is 32.3 Å². The van der Waals surface area contributed by atoms with Crippen LogP contribution in [0.2, 0.25) is 0 Å². The van der Waals surface area contributed by atoms with Gasteiger partial charge in [0.2, 0.25) is 0 Å². The molecule has 1 amide bonds. The van der Waals surface area contributed by atoms with Crippen LogP contribution in [0.4, 0.5) is 13.2 Å². The molecular formula is C12H14F3NO4. The molecule has 0 radical (unpaired) electrons. The first-order valence-corrected chi connectivity index (χ1v) is 5.69. The van der Waals surface area contributed by atoms with Crippen LogP contribution in [0.15, 0.2) is 12.1 Å². The van der Waals surface area contributed by atoms with Crippen molar-refractivity contribution in [2.24, 2.45) is 0 Å². The van der Waals surface area contributed by atoms with Crippen molar-refractivity contribution in [3.05, 3.63) is 35.1 Å². The Morgan fingerprint density at radius 3 is 2.30 bits per heavy atom. The van der Waals surface area contributed by atoms with Gasteiger partial charge in [0.25, 0.3) is 5.91 Å². The normalized spacial score (nSPS) is 10.6. The zero-order valence-corrected chi connectivity index (χ0v) is 10.8. The molecule has 0 aliphatic rings. The molecule has 0 aliphatic heterocycles. The Morgan fingerprint density at radius 1 is 1.10 bits per heavy atom. The van der Waals surface area contributed by atoms with Crippen LogP contribution in [0.25, 0.3) is 0 Å². The number of nitrogens with one attached hydrogen (secondary N) is 1. The standard InChI is InChI=1S/C12H14F3NO4/c1-18-2-3-19-4-5-20-16-12(17)8-6-9(13)11(15)10(14)7-8/h6-7H,2-5H2,1H3,(H,16,17). The second-order valence-corrected chi connectivity index (χ2v) is 3.64. The molecule has 20 heavy (non-hydrogen) atoms. The van der Waals surface area contributed by atoms with E-state index >= 15 is 0 Å². The molecule has 5 nitrogen and oxygen atoms in total. The minimum atomic E-state index is -1.63. The first kappa shape index (κ1) is 16.4. The third-order valence-electron chi connectivity index (χ3n) is 2.17. The summed E-state index contributed by atoms with van der Waals surface area (Å²) in [6, 6.07) is 1.15.